The number of nitrogens with zero attached hydrogens (tertiary/aromatic N) is 1. The van der Waals surface area contributed by atoms with Crippen LogP contribution in [0.5, 0.6) is 0 Å². The third-order valence-electron chi connectivity index (χ3n) is 5.71. The summed E-state index contributed by atoms with van der Waals surface area (Å²) in [5.41, 5.74) is 1.61. The van der Waals surface area contributed by atoms with E-state index in [2.05, 4.69) is 5.32 Å². The number of amides is 1. The Morgan fingerprint density at radius 1 is 1.00 bits per heavy atom. The molecule has 1 fully saturated rings. The van der Waals surface area contributed by atoms with Crippen LogP contribution < -0.4 is 5.32 Å². The zero-order valence-corrected chi connectivity index (χ0v) is 20.1. The minimum atomic E-state index is -3.95. The highest BCUT2D eigenvalue weighted by Gasteiger charge is 2.41. The maximum absolute atomic E-state index is 14.3. The van der Waals surface area contributed by atoms with Crippen LogP contribution in [0.25, 0.3) is 11.1 Å². The molecule has 3 aromatic carbocycles. The van der Waals surface area contributed by atoms with Crippen LogP contribution in [-0.2, 0) is 14.8 Å². The van der Waals surface area contributed by atoms with E-state index >= 15 is 0 Å². The summed E-state index contributed by atoms with van der Waals surface area (Å²) < 4.78 is 56.3. The van der Waals surface area contributed by atoms with Gasteiger partial charge in [0, 0.05) is 17.9 Å². The van der Waals surface area contributed by atoms with Crippen LogP contribution in [0.4, 0.5) is 8.78 Å². The molecule has 0 unspecified atom stereocenters. The third-order valence-corrected chi connectivity index (χ3v) is 8.93. The SMILES string of the molecule is CC[C@H](NC(=O)[C@@H]1SCCN1S(=O)(=O)c1ccc(-c2ccccc2)cc1)c1c(F)cccc1F. The van der Waals surface area contributed by atoms with Crippen LogP contribution in [0.1, 0.15) is 24.9 Å². The van der Waals surface area contributed by atoms with Crippen LogP contribution in [0.3, 0.4) is 0 Å². The number of sulfonamides is 1. The topological polar surface area (TPSA) is 66.5 Å². The van der Waals surface area contributed by atoms with Gasteiger partial charge in [-0.3, -0.25) is 4.79 Å². The van der Waals surface area contributed by atoms with Gasteiger partial charge >= 0.3 is 0 Å². The molecule has 0 saturated carbocycles. The van der Waals surface area contributed by atoms with E-state index in [0.29, 0.717) is 5.75 Å². The molecule has 1 saturated heterocycles. The van der Waals surface area contributed by atoms with E-state index in [1.54, 1.807) is 19.1 Å². The van der Waals surface area contributed by atoms with Crippen LogP contribution in [0.2, 0.25) is 0 Å². The van der Waals surface area contributed by atoms with Gasteiger partial charge in [-0.25, -0.2) is 17.2 Å². The molecule has 0 spiro atoms. The Balaban J connectivity index is 1.54. The van der Waals surface area contributed by atoms with E-state index in [1.807, 2.05) is 30.3 Å². The van der Waals surface area contributed by atoms with Gasteiger partial charge in [0.1, 0.15) is 17.0 Å². The zero-order chi connectivity index (χ0) is 24.3. The summed E-state index contributed by atoms with van der Waals surface area (Å²) in [4.78, 5) is 13.1. The van der Waals surface area contributed by atoms with Crippen LogP contribution >= 0.6 is 11.8 Å². The molecule has 34 heavy (non-hydrogen) atoms. The van der Waals surface area contributed by atoms with Crippen molar-refractivity contribution in [3.8, 4) is 11.1 Å². The fourth-order valence-electron chi connectivity index (χ4n) is 3.96. The van der Waals surface area contributed by atoms with E-state index in [1.165, 1.54) is 30.0 Å². The first-order chi connectivity index (χ1) is 16.3. The van der Waals surface area contributed by atoms with Crippen molar-refractivity contribution in [3.05, 3.63) is 90.0 Å². The maximum Gasteiger partial charge on any atom is 0.249 e. The van der Waals surface area contributed by atoms with Gasteiger partial charge in [0.25, 0.3) is 0 Å². The molecule has 0 aromatic heterocycles. The van der Waals surface area contributed by atoms with Crippen molar-refractivity contribution in [2.75, 3.05) is 12.3 Å². The average molecular weight is 503 g/mol. The average Bonchev–Trinajstić information content (AvgIpc) is 3.35. The summed E-state index contributed by atoms with van der Waals surface area (Å²) >= 11 is 1.18. The summed E-state index contributed by atoms with van der Waals surface area (Å²) in [6.45, 7) is 1.86. The Labute approximate surface area is 202 Å². The van der Waals surface area contributed by atoms with Crippen molar-refractivity contribution in [3.63, 3.8) is 0 Å². The molecule has 9 heteroatoms. The second-order valence-electron chi connectivity index (χ2n) is 7.83. The van der Waals surface area contributed by atoms with E-state index in [-0.39, 0.29) is 23.4 Å². The van der Waals surface area contributed by atoms with Crippen molar-refractivity contribution in [1.82, 2.24) is 9.62 Å². The lowest BCUT2D eigenvalue weighted by Crippen LogP contribution is -2.45. The van der Waals surface area contributed by atoms with Crippen molar-refractivity contribution in [2.45, 2.75) is 29.7 Å². The van der Waals surface area contributed by atoms with Crippen molar-refractivity contribution in [1.29, 1.82) is 0 Å². The molecule has 2 atom stereocenters. The number of nitrogens with one attached hydrogen (secondary N) is 1. The van der Waals surface area contributed by atoms with E-state index in [0.717, 1.165) is 27.6 Å². The summed E-state index contributed by atoms with van der Waals surface area (Å²) in [6.07, 6.45) is 0.245. The van der Waals surface area contributed by atoms with Crippen LogP contribution in [0, 0.1) is 11.6 Å². The van der Waals surface area contributed by atoms with Crippen LogP contribution in [0.15, 0.2) is 77.7 Å². The molecule has 5 nitrogen and oxygen atoms in total. The van der Waals surface area contributed by atoms with Crippen molar-refractivity contribution >= 4 is 27.7 Å². The third kappa shape index (κ3) is 4.87. The number of rotatable bonds is 7. The Hall–Kier alpha value is -2.75. The number of halogens is 2. The van der Waals surface area contributed by atoms with Crippen molar-refractivity contribution in [2.24, 2.45) is 0 Å². The first kappa shape index (κ1) is 24.4. The van der Waals surface area contributed by atoms with Gasteiger partial charge in [-0.05, 0) is 41.8 Å². The molecule has 4 rings (SSSR count). The molecular formula is C25H24F2N2O3S2. The highest BCUT2D eigenvalue weighted by Crippen LogP contribution is 2.32. The molecule has 0 aliphatic carbocycles. The number of benzene rings is 3. The van der Waals surface area contributed by atoms with Crippen molar-refractivity contribution < 1.29 is 22.0 Å². The summed E-state index contributed by atoms with van der Waals surface area (Å²) in [6, 6.07) is 18.7. The highest BCUT2D eigenvalue weighted by atomic mass is 32.2. The first-order valence-electron chi connectivity index (χ1n) is 10.9. The van der Waals surface area contributed by atoms with E-state index in [9.17, 15) is 22.0 Å². The Morgan fingerprint density at radius 3 is 2.24 bits per heavy atom. The number of carbonyl (C=O) groups is 1. The van der Waals surface area contributed by atoms with Gasteiger partial charge in [0.05, 0.1) is 10.9 Å². The second-order valence-corrected chi connectivity index (χ2v) is 10.9. The van der Waals surface area contributed by atoms with E-state index < -0.39 is 39.0 Å². The molecule has 1 aliphatic rings. The summed E-state index contributed by atoms with van der Waals surface area (Å²) in [7, 11) is -3.95. The fraction of sp³-hybridized carbons (Fsp3) is 0.240. The molecule has 1 amide bonds. The zero-order valence-electron chi connectivity index (χ0n) is 18.4. The molecule has 0 radical (unpaired) electrons. The van der Waals surface area contributed by atoms with E-state index in [4.69, 9.17) is 0 Å². The quantitative estimate of drug-likeness (QED) is 0.496. The van der Waals surface area contributed by atoms with Gasteiger partial charge < -0.3 is 5.32 Å². The summed E-state index contributed by atoms with van der Waals surface area (Å²) in [5, 5.41) is 1.62. The van der Waals surface area contributed by atoms with Gasteiger partial charge in [-0.1, -0.05) is 55.5 Å². The second kappa shape index (κ2) is 10.2. The first-order valence-corrected chi connectivity index (χ1v) is 13.3. The molecule has 3 aromatic rings. The minimum Gasteiger partial charge on any atom is -0.347 e. The number of carbonyl (C=O) groups excluding carboxylic acids is 1. The Bertz CT molecular complexity index is 1250. The Kier molecular flexibility index (Phi) is 7.35. The van der Waals surface area contributed by atoms with Gasteiger partial charge in [-0.15, -0.1) is 11.8 Å². The van der Waals surface area contributed by atoms with Gasteiger partial charge in [0.2, 0.25) is 15.9 Å². The molecule has 0 bridgehead atoms. The van der Waals surface area contributed by atoms with Gasteiger partial charge in [0.15, 0.2) is 0 Å². The largest absolute Gasteiger partial charge is 0.347 e. The molecule has 1 aliphatic heterocycles. The standard InChI is InChI=1S/C25H24F2N2O3S2/c1-2-22(23-20(26)9-6-10-21(23)27)28-24(30)25-29(15-16-33-25)34(31,32)19-13-11-18(12-14-19)17-7-4-3-5-8-17/h3-14,22,25H,2,15-16H2,1H3,(H,28,30)/t22-,25-/m0/s1. The number of hydrogen-bond donors (Lipinski definition) is 1. The summed E-state index contributed by atoms with van der Waals surface area (Å²) in [5.74, 6) is -1.67. The molecule has 178 valence electrons. The smallest absolute Gasteiger partial charge is 0.249 e. The minimum absolute atomic E-state index is 0.0830. The normalized spacial score (nSPS) is 17.4. The lowest BCUT2D eigenvalue weighted by Gasteiger charge is -2.25. The lowest BCUT2D eigenvalue weighted by molar-refractivity contribution is -0.122. The van der Waals surface area contributed by atoms with Gasteiger partial charge in [-0.2, -0.15) is 4.31 Å². The monoisotopic (exact) mass is 502 g/mol. The molecule has 1 heterocycles. The highest BCUT2D eigenvalue weighted by molar-refractivity contribution is 8.02. The maximum atomic E-state index is 14.3. The lowest BCUT2D eigenvalue weighted by atomic mass is 10.0. The van der Waals surface area contributed by atoms with Crippen LogP contribution in [-0.4, -0.2) is 36.3 Å². The molecular weight excluding hydrogens is 478 g/mol. The molecule has 1 N–H and O–H groups in total. The number of hydrogen-bond acceptors (Lipinski definition) is 4. The fourth-order valence-corrected chi connectivity index (χ4v) is 7.04. The number of thioether (sulfide) groups is 1. The predicted molar refractivity (Wildman–Crippen MR) is 130 cm³/mol. The Morgan fingerprint density at radius 2 is 1.62 bits per heavy atom. The predicted octanol–water partition coefficient (Wildman–Crippen LogP) is 4.96.